The summed E-state index contributed by atoms with van der Waals surface area (Å²) in [4.78, 5) is 15.3. The standard InChI is InChI=1S/C12H8BrFN2O/c13-7-3-4-16-11(5-7)10-6-8(14)1-2-9(10)12(15)17/h1-6H,(H2,15,17). The third-order valence-electron chi connectivity index (χ3n) is 2.25. The van der Waals surface area contributed by atoms with Crippen molar-refractivity contribution in [2.24, 2.45) is 5.73 Å². The van der Waals surface area contributed by atoms with Crippen molar-refractivity contribution in [3.05, 3.63) is 52.4 Å². The maximum Gasteiger partial charge on any atom is 0.249 e. The highest BCUT2D eigenvalue weighted by atomic mass is 79.9. The van der Waals surface area contributed by atoms with Crippen LogP contribution in [0.3, 0.4) is 0 Å². The summed E-state index contributed by atoms with van der Waals surface area (Å²) in [6, 6.07) is 7.24. The second kappa shape index (κ2) is 4.63. The second-order valence-corrected chi connectivity index (χ2v) is 4.33. The summed E-state index contributed by atoms with van der Waals surface area (Å²) in [6.45, 7) is 0. The molecule has 0 spiro atoms. The van der Waals surface area contributed by atoms with Crippen LogP contribution in [0.15, 0.2) is 41.0 Å². The Kier molecular flexibility index (Phi) is 3.19. The maximum atomic E-state index is 13.2. The lowest BCUT2D eigenvalue weighted by molar-refractivity contribution is 0.100. The van der Waals surface area contributed by atoms with Gasteiger partial charge in [-0.15, -0.1) is 0 Å². The van der Waals surface area contributed by atoms with E-state index in [2.05, 4.69) is 20.9 Å². The largest absolute Gasteiger partial charge is 0.366 e. The van der Waals surface area contributed by atoms with Crippen LogP contribution in [0.4, 0.5) is 4.39 Å². The van der Waals surface area contributed by atoms with E-state index in [0.29, 0.717) is 11.3 Å². The minimum atomic E-state index is -0.609. The van der Waals surface area contributed by atoms with E-state index in [1.807, 2.05) is 0 Å². The predicted octanol–water partition coefficient (Wildman–Crippen LogP) is 2.75. The van der Waals surface area contributed by atoms with Crippen molar-refractivity contribution in [2.45, 2.75) is 0 Å². The van der Waals surface area contributed by atoms with Gasteiger partial charge in [-0.3, -0.25) is 9.78 Å². The Balaban J connectivity index is 2.65. The first-order valence-corrected chi connectivity index (χ1v) is 5.58. The molecule has 1 aromatic heterocycles. The van der Waals surface area contributed by atoms with E-state index in [1.165, 1.54) is 18.2 Å². The normalized spacial score (nSPS) is 10.2. The first kappa shape index (κ1) is 11.7. The molecule has 0 fully saturated rings. The lowest BCUT2D eigenvalue weighted by atomic mass is 10.0. The molecular weight excluding hydrogens is 287 g/mol. The van der Waals surface area contributed by atoms with Crippen LogP contribution in [-0.2, 0) is 0 Å². The van der Waals surface area contributed by atoms with Gasteiger partial charge in [0.1, 0.15) is 5.82 Å². The van der Waals surface area contributed by atoms with E-state index in [0.717, 1.165) is 4.47 Å². The van der Waals surface area contributed by atoms with Gasteiger partial charge in [0.2, 0.25) is 5.91 Å². The van der Waals surface area contributed by atoms with Gasteiger partial charge in [-0.2, -0.15) is 0 Å². The predicted molar refractivity (Wildman–Crippen MR) is 65.8 cm³/mol. The minimum Gasteiger partial charge on any atom is -0.366 e. The number of amides is 1. The zero-order chi connectivity index (χ0) is 12.4. The fraction of sp³-hybridized carbons (Fsp3) is 0. The number of primary amides is 1. The topological polar surface area (TPSA) is 56.0 Å². The number of benzene rings is 1. The molecule has 0 aliphatic heterocycles. The Morgan fingerprint density at radius 1 is 1.29 bits per heavy atom. The number of rotatable bonds is 2. The molecule has 1 amide bonds. The van der Waals surface area contributed by atoms with E-state index in [9.17, 15) is 9.18 Å². The SMILES string of the molecule is NC(=O)c1ccc(F)cc1-c1cc(Br)ccn1. The van der Waals surface area contributed by atoms with Crippen LogP contribution in [0.5, 0.6) is 0 Å². The molecule has 0 aliphatic rings. The molecule has 3 nitrogen and oxygen atoms in total. The fourth-order valence-corrected chi connectivity index (χ4v) is 1.83. The van der Waals surface area contributed by atoms with Gasteiger partial charge in [0.05, 0.1) is 5.69 Å². The van der Waals surface area contributed by atoms with Crippen molar-refractivity contribution in [3.8, 4) is 11.3 Å². The highest BCUT2D eigenvalue weighted by Gasteiger charge is 2.12. The molecule has 1 heterocycles. The maximum absolute atomic E-state index is 13.2. The van der Waals surface area contributed by atoms with Crippen LogP contribution in [-0.4, -0.2) is 10.9 Å². The van der Waals surface area contributed by atoms with Gasteiger partial charge in [0.15, 0.2) is 0 Å². The number of pyridine rings is 1. The van der Waals surface area contributed by atoms with E-state index < -0.39 is 11.7 Å². The molecule has 2 rings (SSSR count). The van der Waals surface area contributed by atoms with Crippen molar-refractivity contribution in [1.29, 1.82) is 0 Å². The number of carbonyl (C=O) groups is 1. The van der Waals surface area contributed by atoms with Gasteiger partial charge in [-0.25, -0.2) is 4.39 Å². The summed E-state index contributed by atoms with van der Waals surface area (Å²) in [5.41, 5.74) is 6.37. The number of hydrogen-bond acceptors (Lipinski definition) is 2. The highest BCUT2D eigenvalue weighted by Crippen LogP contribution is 2.24. The number of carbonyl (C=O) groups excluding carboxylic acids is 1. The molecule has 0 saturated heterocycles. The average molecular weight is 295 g/mol. The quantitative estimate of drug-likeness (QED) is 0.926. The summed E-state index contributed by atoms with van der Waals surface area (Å²) in [7, 11) is 0. The van der Waals surface area contributed by atoms with Gasteiger partial charge in [0.25, 0.3) is 0 Å². The Morgan fingerprint density at radius 3 is 2.71 bits per heavy atom. The summed E-state index contributed by atoms with van der Waals surface area (Å²) in [6.07, 6.45) is 1.56. The molecule has 0 radical (unpaired) electrons. The number of aromatic nitrogens is 1. The van der Waals surface area contributed by atoms with Crippen LogP contribution >= 0.6 is 15.9 Å². The zero-order valence-electron chi connectivity index (χ0n) is 8.65. The Labute approximate surface area is 106 Å². The molecule has 2 aromatic rings. The molecule has 1 aromatic carbocycles. The molecule has 0 bridgehead atoms. The second-order valence-electron chi connectivity index (χ2n) is 3.41. The molecule has 17 heavy (non-hydrogen) atoms. The van der Waals surface area contributed by atoms with Crippen molar-refractivity contribution in [1.82, 2.24) is 4.98 Å². The molecule has 0 aliphatic carbocycles. The minimum absolute atomic E-state index is 0.247. The van der Waals surface area contributed by atoms with Gasteiger partial charge in [0, 0.05) is 21.8 Å². The van der Waals surface area contributed by atoms with Crippen LogP contribution in [0.2, 0.25) is 0 Å². The van der Waals surface area contributed by atoms with E-state index >= 15 is 0 Å². The molecule has 5 heteroatoms. The monoisotopic (exact) mass is 294 g/mol. The molecule has 0 saturated carbocycles. The van der Waals surface area contributed by atoms with Crippen LogP contribution in [0, 0.1) is 5.82 Å². The lowest BCUT2D eigenvalue weighted by Gasteiger charge is -2.06. The van der Waals surface area contributed by atoms with Crippen molar-refractivity contribution >= 4 is 21.8 Å². The van der Waals surface area contributed by atoms with Crippen LogP contribution in [0.25, 0.3) is 11.3 Å². The Hall–Kier alpha value is -1.75. The number of nitrogens with zero attached hydrogens (tertiary/aromatic N) is 1. The third-order valence-corrected chi connectivity index (χ3v) is 2.74. The smallest absolute Gasteiger partial charge is 0.249 e. The van der Waals surface area contributed by atoms with Crippen LogP contribution < -0.4 is 5.73 Å². The lowest BCUT2D eigenvalue weighted by Crippen LogP contribution is -2.12. The fourth-order valence-electron chi connectivity index (χ4n) is 1.50. The first-order chi connectivity index (χ1) is 8.08. The zero-order valence-corrected chi connectivity index (χ0v) is 10.2. The van der Waals surface area contributed by atoms with Crippen molar-refractivity contribution in [2.75, 3.05) is 0 Å². The third kappa shape index (κ3) is 2.50. The summed E-state index contributed by atoms with van der Waals surface area (Å²) >= 11 is 3.29. The molecular formula is C12H8BrFN2O. The summed E-state index contributed by atoms with van der Waals surface area (Å²) < 4.78 is 14.0. The molecule has 0 unspecified atom stereocenters. The van der Waals surface area contributed by atoms with Gasteiger partial charge < -0.3 is 5.73 Å². The molecule has 86 valence electrons. The average Bonchev–Trinajstić information content (AvgIpc) is 2.28. The van der Waals surface area contributed by atoms with Crippen molar-refractivity contribution < 1.29 is 9.18 Å². The van der Waals surface area contributed by atoms with Crippen molar-refractivity contribution in [3.63, 3.8) is 0 Å². The first-order valence-electron chi connectivity index (χ1n) is 4.79. The number of halogens is 2. The Morgan fingerprint density at radius 2 is 2.06 bits per heavy atom. The van der Waals surface area contributed by atoms with E-state index in [1.54, 1.807) is 18.3 Å². The van der Waals surface area contributed by atoms with Gasteiger partial charge in [-0.05, 0) is 30.3 Å². The van der Waals surface area contributed by atoms with Crippen LogP contribution in [0.1, 0.15) is 10.4 Å². The molecule has 2 N–H and O–H groups in total. The number of hydrogen-bond donors (Lipinski definition) is 1. The van der Waals surface area contributed by atoms with E-state index in [-0.39, 0.29) is 5.56 Å². The van der Waals surface area contributed by atoms with E-state index in [4.69, 9.17) is 5.73 Å². The van der Waals surface area contributed by atoms with Gasteiger partial charge >= 0.3 is 0 Å². The Bertz CT molecular complexity index is 586. The summed E-state index contributed by atoms with van der Waals surface area (Å²) in [5, 5.41) is 0. The molecule has 0 atom stereocenters. The summed E-state index contributed by atoms with van der Waals surface area (Å²) in [5.74, 6) is -1.05. The highest BCUT2D eigenvalue weighted by molar-refractivity contribution is 9.10. The number of nitrogens with two attached hydrogens (primary N) is 1. The van der Waals surface area contributed by atoms with Gasteiger partial charge in [-0.1, -0.05) is 15.9 Å².